The molecule has 9 heteroatoms. The van der Waals surface area contributed by atoms with Gasteiger partial charge in [0.25, 0.3) is 5.91 Å². The Kier molecular flexibility index (Phi) is 6.70. The predicted molar refractivity (Wildman–Crippen MR) is 111 cm³/mol. The number of carbonyl (C=O) groups is 1. The van der Waals surface area contributed by atoms with E-state index < -0.39 is 9.84 Å². The first kappa shape index (κ1) is 21.9. The number of nitrogens with zero attached hydrogens (tertiary/aromatic N) is 2. The summed E-state index contributed by atoms with van der Waals surface area (Å²) in [5.41, 5.74) is 0.916. The summed E-state index contributed by atoms with van der Waals surface area (Å²) >= 11 is 0. The second-order valence-corrected chi connectivity index (χ2v) is 10.2. The number of sulfone groups is 1. The Labute approximate surface area is 173 Å². The molecule has 2 aliphatic heterocycles. The quantitative estimate of drug-likeness (QED) is 0.644. The Morgan fingerprint density at radius 3 is 2.72 bits per heavy atom. The van der Waals surface area contributed by atoms with Gasteiger partial charge in [-0.15, -0.1) is 0 Å². The van der Waals surface area contributed by atoms with E-state index in [0.29, 0.717) is 25.4 Å². The van der Waals surface area contributed by atoms with Crippen LogP contribution in [0, 0.1) is 5.92 Å². The van der Waals surface area contributed by atoms with Gasteiger partial charge in [-0.2, -0.15) is 0 Å². The molecule has 0 aromatic heterocycles. The normalized spacial score (nSPS) is 25.8. The Balaban J connectivity index is 1.71. The van der Waals surface area contributed by atoms with Crippen molar-refractivity contribution in [3.8, 4) is 11.5 Å². The van der Waals surface area contributed by atoms with E-state index in [9.17, 15) is 13.2 Å². The highest BCUT2D eigenvalue weighted by Crippen LogP contribution is 2.37. The largest absolute Gasteiger partial charge is 0.496 e. The highest BCUT2D eigenvalue weighted by molar-refractivity contribution is 7.92. The van der Waals surface area contributed by atoms with E-state index in [2.05, 4.69) is 10.2 Å². The highest BCUT2D eigenvalue weighted by Gasteiger charge is 2.52. The number of benzene rings is 1. The smallest absolute Gasteiger partial charge is 0.257 e. The molecule has 0 aliphatic carbocycles. The van der Waals surface area contributed by atoms with E-state index in [4.69, 9.17) is 9.47 Å². The van der Waals surface area contributed by atoms with Gasteiger partial charge in [-0.1, -0.05) is 0 Å². The van der Waals surface area contributed by atoms with Crippen LogP contribution in [-0.4, -0.2) is 88.6 Å². The molecule has 0 saturated carbocycles. The standard InChI is InChI=1S/C20H31N3O5S/c1-5-21-20(24)12-28-15-6-7-18(27-4)14(8-15)9-23-10-16-17(22(2)3)13-29(25,26)19(16)11-23/h6-8,16-17,19H,5,9-13H2,1-4H3,(H,21,24)/t16-,17-,19-/m0/s1. The van der Waals surface area contributed by atoms with Crippen LogP contribution in [0.1, 0.15) is 12.5 Å². The molecule has 29 heavy (non-hydrogen) atoms. The molecule has 3 atom stereocenters. The lowest BCUT2D eigenvalue weighted by Gasteiger charge is -2.25. The molecule has 2 fully saturated rings. The fourth-order valence-corrected chi connectivity index (χ4v) is 6.89. The Hall–Kier alpha value is -1.84. The average molecular weight is 426 g/mol. The van der Waals surface area contributed by atoms with Gasteiger partial charge < -0.3 is 19.7 Å². The first-order chi connectivity index (χ1) is 13.7. The second-order valence-electron chi connectivity index (χ2n) is 7.97. The molecule has 2 saturated heterocycles. The van der Waals surface area contributed by atoms with E-state index >= 15 is 0 Å². The molecule has 162 valence electrons. The number of likely N-dealkylation sites (tertiary alicyclic amines) is 1. The molecule has 1 aromatic rings. The summed E-state index contributed by atoms with van der Waals surface area (Å²) in [6, 6.07) is 5.51. The van der Waals surface area contributed by atoms with Crippen LogP contribution >= 0.6 is 0 Å². The van der Waals surface area contributed by atoms with Crippen molar-refractivity contribution in [2.24, 2.45) is 5.92 Å². The number of hydrogen-bond acceptors (Lipinski definition) is 7. The van der Waals surface area contributed by atoms with E-state index in [1.54, 1.807) is 13.2 Å². The second kappa shape index (κ2) is 8.89. The van der Waals surface area contributed by atoms with Crippen LogP contribution in [0.2, 0.25) is 0 Å². The topological polar surface area (TPSA) is 88.2 Å². The lowest BCUT2D eigenvalue weighted by atomic mass is 10.00. The lowest BCUT2D eigenvalue weighted by Crippen LogP contribution is -2.37. The first-order valence-corrected chi connectivity index (χ1v) is 11.6. The molecule has 0 unspecified atom stereocenters. The van der Waals surface area contributed by atoms with Crippen molar-refractivity contribution in [1.82, 2.24) is 15.1 Å². The molecular formula is C20H31N3O5S. The fourth-order valence-electron chi connectivity index (χ4n) is 4.38. The third kappa shape index (κ3) is 4.84. The summed E-state index contributed by atoms with van der Waals surface area (Å²) in [6.45, 7) is 4.21. The third-order valence-corrected chi connectivity index (χ3v) is 8.02. The first-order valence-electron chi connectivity index (χ1n) is 9.92. The highest BCUT2D eigenvalue weighted by atomic mass is 32.2. The number of carbonyl (C=O) groups excluding carboxylic acids is 1. The minimum Gasteiger partial charge on any atom is -0.496 e. The van der Waals surface area contributed by atoms with E-state index in [-0.39, 0.29) is 35.5 Å². The third-order valence-electron chi connectivity index (χ3n) is 5.80. The van der Waals surface area contributed by atoms with Crippen molar-refractivity contribution in [3.05, 3.63) is 23.8 Å². The molecule has 2 heterocycles. The maximum atomic E-state index is 12.6. The van der Waals surface area contributed by atoms with Crippen LogP contribution in [-0.2, 0) is 21.2 Å². The van der Waals surface area contributed by atoms with Gasteiger partial charge in [0.2, 0.25) is 0 Å². The summed E-state index contributed by atoms with van der Waals surface area (Å²) in [5.74, 6) is 1.51. The molecule has 1 N–H and O–H groups in total. The van der Waals surface area contributed by atoms with Gasteiger partial charge in [-0.3, -0.25) is 9.69 Å². The van der Waals surface area contributed by atoms with Gasteiger partial charge in [0.05, 0.1) is 18.1 Å². The molecule has 0 radical (unpaired) electrons. The van der Waals surface area contributed by atoms with Gasteiger partial charge >= 0.3 is 0 Å². The molecule has 1 aromatic carbocycles. The van der Waals surface area contributed by atoms with Crippen molar-refractivity contribution >= 4 is 15.7 Å². The molecule has 1 amide bonds. The molecule has 0 bridgehead atoms. The van der Waals surface area contributed by atoms with E-state index in [0.717, 1.165) is 17.9 Å². The monoisotopic (exact) mass is 425 g/mol. The number of fused-ring (bicyclic) bond motifs is 1. The molecule has 3 rings (SSSR count). The zero-order valence-corrected chi connectivity index (χ0v) is 18.4. The number of likely N-dealkylation sites (N-methyl/N-ethyl adjacent to an activating group) is 1. The summed E-state index contributed by atoms with van der Waals surface area (Å²) in [7, 11) is 2.43. The average Bonchev–Trinajstić information content (AvgIpc) is 3.19. The summed E-state index contributed by atoms with van der Waals surface area (Å²) in [4.78, 5) is 15.8. The van der Waals surface area contributed by atoms with Crippen LogP contribution in [0.4, 0.5) is 0 Å². The molecule has 0 spiro atoms. The van der Waals surface area contributed by atoms with Crippen molar-refractivity contribution in [1.29, 1.82) is 0 Å². The number of amides is 1. The number of rotatable bonds is 8. The van der Waals surface area contributed by atoms with Crippen molar-refractivity contribution in [2.75, 3.05) is 53.2 Å². The maximum Gasteiger partial charge on any atom is 0.257 e. The van der Waals surface area contributed by atoms with Gasteiger partial charge in [0, 0.05) is 43.7 Å². The van der Waals surface area contributed by atoms with Gasteiger partial charge in [0.15, 0.2) is 16.4 Å². The van der Waals surface area contributed by atoms with E-state index in [1.807, 2.05) is 38.1 Å². The predicted octanol–water partition coefficient (Wildman–Crippen LogP) is 0.369. The van der Waals surface area contributed by atoms with Gasteiger partial charge in [-0.25, -0.2) is 8.42 Å². The summed E-state index contributed by atoms with van der Waals surface area (Å²) < 4.78 is 36.3. The number of hydrogen-bond donors (Lipinski definition) is 1. The minimum absolute atomic E-state index is 0.0454. The van der Waals surface area contributed by atoms with Crippen molar-refractivity contribution in [2.45, 2.75) is 24.8 Å². The molecule has 8 nitrogen and oxygen atoms in total. The fraction of sp³-hybridized carbons (Fsp3) is 0.650. The van der Waals surface area contributed by atoms with Crippen molar-refractivity contribution < 1.29 is 22.7 Å². The van der Waals surface area contributed by atoms with Crippen LogP contribution in [0.25, 0.3) is 0 Å². The lowest BCUT2D eigenvalue weighted by molar-refractivity contribution is -0.122. The number of methoxy groups -OCH3 is 1. The van der Waals surface area contributed by atoms with Crippen molar-refractivity contribution in [3.63, 3.8) is 0 Å². The SMILES string of the molecule is CCNC(=O)COc1ccc(OC)c(CN2C[C@H]3[C@@H](N(C)C)CS(=O)(=O)[C@H]3C2)c1. The number of nitrogens with one attached hydrogen (secondary N) is 1. The van der Waals surface area contributed by atoms with Gasteiger partial charge in [0.1, 0.15) is 11.5 Å². The maximum absolute atomic E-state index is 12.6. The van der Waals surface area contributed by atoms with Gasteiger partial charge in [-0.05, 0) is 39.2 Å². The Bertz CT molecular complexity index is 843. The van der Waals surface area contributed by atoms with Crippen LogP contribution in [0.5, 0.6) is 11.5 Å². The van der Waals surface area contributed by atoms with Crippen LogP contribution in [0.15, 0.2) is 18.2 Å². The molecule has 2 aliphatic rings. The minimum atomic E-state index is -3.07. The van der Waals surface area contributed by atoms with Crippen LogP contribution in [0.3, 0.4) is 0 Å². The Morgan fingerprint density at radius 2 is 2.07 bits per heavy atom. The molecular weight excluding hydrogens is 394 g/mol. The summed E-state index contributed by atoms with van der Waals surface area (Å²) in [6.07, 6.45) is 0. The summed E-state index contributed by atoms with van der Waals surface area (Å²) in [5, 5.41) is 2.39. The van der Waals surface area contributed by atoms with Crippen LogP contribution < -0.4 is 14.8 Å². The zero-order valence-electron chi connectivity index (χ0n) is 17.6. The number of ether oxygens (including phenoxy) is 2. The van der Waals surface area contributed by atoms with E-state index in [1.165, 1.54) is 0 Å². The zero-order chi connectivity index (χ0) is 21.2. The Morgan fingerprint density at radius 1 is 1.31 bits per heavy atom.